The predicted molar refractivity (Wildman–Crippen MR) is 111 cm³/mol. The number of halogens is 1. The summed E-state index contributed by atoms with van der Waals surface area (Å²) in [5.41, 5.74) is 5.26. The van der Waals surface area contributed by atoms with Crippen molar-refractivity contribution in [1.29, 1.82) is 0 Å². The van der Waals surface area contributed by atoms with Gasteiger partial charge in [0.1, 0.15) is 5.69 Å². The maximum absolute atomic E-state index is 13.1. The number of hydrogen-bond donors (Lipinski definition) is 2. The maximum atomic E-state index is 13.1. The zero-order valence-electron chi connectivity index (χ0n) is 15.6. The molecule has 0 bridgehead atoms. The highest BCUT2D eigenvalue weighted by Gasteiger charge is 2.44. The number of carbonyl (C=O) groups excluding carboxylic acids is 1. The lowest BCUT2D eigenvalue weighted by Crippen LogP contribution is -2.59. The Labute approximate surface area is 168 Å². The van der Waals surface area contributed by atoms with Gasteiger partial charge in [-0.2, -0.15) is 0 Å². The average Bonchev–Trinajstić information content (AvgIpc) is 3.03. The highest BCUT2D eigenvalue weighted by atomic mass is 35.5. The number of anilines is 2. The summed E-state index contributed by atoms with van der Waals surface area (Å²) in [6.45, 7) is 2.78. The first-order chi connectivity index (χ1) is 13.6. The third kappa shape index (κ3) is 2.69. The van der Waals surface area contributed by atoms with Crippen molar-refractivity contribution in [3.05, 3.63) is 65.2 Å². The number of nitrogens with one attached hydrogen (secondary N) is 2. The fourth-order valence-electron chi connectivity index (χ4n) is 4.23. The first-order valence-corrected chi connectivity index (χ1v) is 9.92. The molecule has 1 spiro atoms. The van der Waals surface area contributed by atoms with Crippen molar-refractivity contribution in [2.75, 3.05) is 5.32 Å². The van der Waals surface area contributed by atoms with Crippen molar-refractivity contribution >= 4 is 28.9 Å². The van der Waals surface area contributed by atoms with E-state index < -0.39 is 0 Å². The molecule has 5 nitrogen and oxygen atoms in total. The van der Waals surface area contributed by atoms with Crippen molar-refractivity contribution in [3.8, 4) is 11.1 Å². The van der Waals surface area contributed by atoms with Crippen LogP contribution < -0.4 is 10.6 Å². The van der Waals surface area contributed by atoms with Gasteiger partial charge in [-0.05, 0) is 61.6 Å². The Morgan fingerprint density at radius 1 is 1.21 bits per heavy atom. The van der Waals surface area contributed by atoms with E-state index in [-0.39, 0.29) is 11.4 Å². The van der Waals surface area contributed by atoms with Crippen LogP contribution in [0.25, 0.3) is 11.1 Å². The molecule has 1 fully saturated rings. The Kier molecular flexibility index (Phi) is 3.95. The van der Waals surface area contributed by atoms with Crippen LogP contribution in [-0.4, -0.2) is 21.0 Å². The predicted octanol–water partition coefficient (Wildman–Crippen LogP) is 4.92. The Balaban J connectivity index is 1.66. The number of amides is 1. The van der Waals surface area contributed by atoms with Gasteiger partial charge in [0.05, 0.1) is 11.2 Å². The van der Waals surface area contributed by atoms with Gasteiger partial charge in [-0.25, -0.2) is 0 Å². The lowest BCUT2D eigenvalue weighted by Gasteiger charge is -2.45. The monoisotopic (exact) mass is 392 g/mol. The van der Waals surface area contributed by atoms with Crippen LogP contribution >= 0.6 is 11.6 Å². The number of benzene rings is 1. The van der Waals surface area contributed by atoms with Crippen LogP contribution in [0.2, 0.25) is 5.02 Å². The normalized spacial score (nSPS) is 17.0. The van der Waals surface area contributed by atoms with Crippen molar-refractivity contribution in [2.24, 2.45) is 0 Å². The summed E-state index contributed by atoms with van der Waals surface area (Å²) in [5, 5.41) is 7.46. The number of hydrogen-bond acceptors (Lipinski definition) is 3. The van der Waals surface area contributed by atoms with Crippen LogP contribution in [0.15, 0.2) is 48.9 Å². The Bertz CT molecular complexity index is 1070. The highest BCUT2D eigenvalue weighted by molar-refractivity contribution is 6.31. The summed E-state index contributed by atoms with van der Waals surface area (Å²) in [5.74, 6) is -0.0200. The molecule has 28 heavy (non-hydrogen) atoms. The first kappa shape index (κ1) is 17.3. The van der Waals surface area contributed by atoms with Gasteiger partial charge in [0.15, 0.2) is 0 Å². The molecular weight excluding hydrogens is 372 g/mol. The third-order valence-corrected chi connectivity index (χ3v) is 6.38. The number of carbonyl (C=O) groups is 1. The minimum absolute atomic E-state index is 0.0200. The van der Waals surface area contributed by atoms with Gasteiger partial charge < -0.3 is 15.2 Å². The van der Waals surface area contributed by atoms with Gasteiger partial charge in [-0.3, -0.25) is 9.78 Å². The van der Waals surface area contributed by atoms with E-state index in [0.717, 1.165) is 47.5 Å². The van der Waals surface area contributed by atoms with Gasteiger partial charge in [0, 0.05) is 41.4 Å². The molecule has 0 unspecified atom stereocenters. The van der Waals surface area contributed by atoms with Gasteiger partial charge in [0.2, 0.25) is 0 Å². The molecule has 3 heterocycles. The summed E-state index contributed by atoms with van der Waals surface area (Å²) < 4.78 is 2.11. The van der Waals surface area contributed by atoms with Gasteiger partial charge in [-0.1, -0.05) is 17.7 Å². The van der Waals surface area contributed by atoms with Crippen molar-refractivity contribution in [3.63, 3.8) is 0 Å². The molecule has 6 heteroatoms. The van der Waals surface area contributed by atoms with Crippen LogP contribution in [-0.2, 0) is 6.54 Å². The van der Waals surface area contributed by atoms with E-state index >= 15 is 0 Å². The molecule has 142 valence electrons. The van der Waals surface area contributed by atoms with E-state index in [1.54, 1.807) is 12.4 Å². The SMILES string of the molecule is Cc1c(Cl)cccc1Nc1c(-c2ccncc2)cn2c1C(=O)NC1(CCC1)C2. The zero-order chi connectivity index (χ0) is 19.3. The molecule has 2 aliphatic rings. The minimum atomic E-state index is -0.0815. The van der Waals surface area contributed by atoms with Crippen LogP contribution in [0, 0.1) is 6.92 Å². The molecule has 0 saturated heterocycles. The van der Waals surface area contributed by atoms with E-state index in [2.05, 4.69) is 26.4 Å². The number of aromatic nitrogens is 2. The molecule has 1 aliphatic heterocycles. The summed E-state index contributed by atoms with van der Waals surface area (Å²) in [4.78, 5) is 17.2. The van der Waals surface area contributed by atoms with E-state index in [1.165, 1.54) is 6.42 Å². The molecule has 0 atom stereocenters. The van der Waals surface area contributed by atoms with E-state index in [9.17, 15) is 4.79 Å². The van der Waals surface area contributed by atoms with Gasteiger partial charge in [-0.15, -0.1) is 0 Å². The fraction of sp³-hybridized carbons (Fsp3) is 0.273. The second-order valence-electron chi connectivity index (χ2n) is 7.76. The maximum Gasteiger partial charge on any atom is 0.270 e. The average molecular weight is 393 g/mol. The molecule has 1 aliphatic carbocycles. The molecule has 1 amide bonds. The summed E-state index contributed by atoms with van der Waals surface area (Å²) in [7, 11) is 0. The largest absolute Gasteiger partial charge is 0.353 e. The van der Waals surface area contributed by atoms with E-state index in [0.29, 0.717) is 10.7 Å². The Hall–Kier alpha value is -2.79. The quantitative estimate of drug-likeness (QED) is 0.665. The Morgan fingerprint density at radius 2 is 2.00 bits per heavy atom. The third-order valence-electron chi connectivity index (χ3n) is 5.97. The second kappa shape index (κ2) is 6.38. The van der Waals surface area contributed by atoms with Crippen LogP contribution in [0.5, 0.6) is 0 Å². The van der Waals surface area contributed by atoms with Crippen LogP contribution in [0.1, 0.15) is 35.3 Å². The number of pyridine rings is 1. The number of nitrogens with zero attached hydrogens (tertiary/aromatic N) is 2. The molecular formula is C22H21ClN4O. The standard InChI is InChI=1S/C22H21ClN4O/c1-14-17(23)4-2-5-18(14)25-19-16(15-6-10-24-11-7-15)12-27-13-22(8-3-9-22)26-21(28)20(19)27/h2,4-7,10-12,25H,3,8-9,13H2,1H3,(H,26,28). The number of fused-ring (bicyclic) bond motifs is 1. The molecule has 3 aromatic rings. The molecule has 0 radical (unpaired) electrons. The Morgan fingerprint density at radius 3 is 2.71 bits per heavy atom. The zero-order valence-corrected chi connectivity index (χ0v) is 16.4. The van der Waals surface area contributed by atoms with E-state index in [1.807, 2.05) is 37.3 Å². The molecule has 1 saturated carbocycles. The lowest BCUT2D eigenvalue weighted by atomic mass is 9.75. The van der Waals surface area contributed by atoms with Crippen molar-refractivity contribution < 1.29 is 4.79 Å². The lowest BCUT2D eigenvalue weighted by molar-refractivity contribution is 0.0720. The first-order valence-electron chi connectivity index (χ1n) is 9.54. The topological polar surface area (TPSA) is 59.0 Å². The minimum Gasteiger partial charge on any atom is -0.353 e. The van der Waals surface area contributed by atoms with Crippen LogP contribution in [0.4, 0.5) is 11.4 Å². The van der Waals surface area contributed by atoms with E-state index in [4.69, 9.17) is 11.6 Å². The summed E-state index contributed by atoms with van der Waals surface area (Å²) in [6, 6.07) is 9.70. The highest BCUT2D eigenvalue weighted by Crippen LogP contribution is 2.42. The fourth-order valence-corrected chi connectivity index (χ4v) is 4.41. The van der Waals surface area contributed by atoms with Crippen molar-refractivity contribution in [2.45, 2.75) is 38.3 Å². The van der Waals surface area contributed by atoms with Crippen LogP contribution in [0.3, 0.4) is 0 Å². The number of rotatable bonds is 3. The molecule has 2 aromatic heterocycles. The summed E-state index contributed by atoms with van der Waals surface area (Å²) >= 11 is 6.31. The second-order valence-corrected chi connectivity index (χ2v) is 8.16. The molecule has 1 aromatic carbocycles. The van der Waals surface area contributed by atoms with Gasteiger partial charge >= 0.3 is 0 Å². The smallest absolute Gasteiger partial charge is 0.270 e. The van der Waals surface area contributed by atoms with Crippen molar-refractivity contribution in [1.82, 2.24) is 14.9 Å². The molecule has 5 rings (SSSR count). The molecule has 2 N–H and O–H groups in total. The summed E-state index contributed by atoms with van der Waals surface area (Å²) in [6.07, 6.45) is 8.88. The van der Waals surface area contributed by atoms with Gasteiger partial charge in [0.25, 0.3) is 5.91 Å².